The first-order chi connectivity index (χ1) is 27.6. The van der Waals surface area contributed by atoms with E-state index in [2.05, 4.69) is 79.1 Å². The van der Waals surface area contributed by atoms with Gasteiger partial charge >= 0.3 is 25.7 Å². The van der Waals surface area contributed by atoms with Crippen LogP contribution >= 0.6 is 7.82 Å². The molecule has 0 aromatic carbocycles. The molecular weight excluding hydrogens is 745 g/mol. The fourth-order valence-electron chi connectivity index (χ4n) is 5.62. The molecule has 1 unspecified atom stereocenters. The van der Waals surface area contributed by atoms with Crippen LogP contribution in [0.25, 0.3) is 0 Å². The highest BCUT2D eigenvalue weighted by atomic mass is 31.2. The van der Waals surface area contributed by atoms with Crippen molar-refractivity contribution in [1.29, 1.82) is 0 Å². The summed E-state index contributed by atoms with van der Waals surface area (Å²) in [5, 5.41) is 8.89. The Hall–Kier alpha value is -2.82. The number of nitrogens with two attached hydrogens (primary N) is 1. The largest absolute Gasteiger partial charge is 0.480 e. The number of carbonyl (C=O) groups is 3. The van der Waals surface area contributed by atoms with Gasteiger partial charge in [-0.05, 0) is 57.8 Å². The third kappa shape index (κ3) is 39.8. The minimum Gasteiger partial charge on any atom is -0.480 e. The first-order valence-corrected chi connectivity index (χ1v) is 23.3. The molecule has 0 heterocycles. The van der Waals surface area contributed by atoms with Gasteiger partial charge in [-0.15, -0.1) is 0 Å². The van der Waals surface area contributed by atoms with Crippen molar-refractivity contribution in [2.75, 3.05) is 19.8 Å². The van der Waals surface area contributed by atoms with E-state index >= 15 is 0 Å². The van der Waals surface area contributed by atoms with Crippen LogP contribution in [-0.2, 0) is 37.5 Å². The van der Waals surface area contributed by atoms with Gasteiger partial charge < -0.3 is 25.2 Å². The molecule has 0 rings (SSSR count). The van der Waals surface area contributed by atoms with E-state index in [4.69, 9.17) is 24.8 Å². The lowest BCUT2D eigenvalue weighted by Gasteiger charge is -2.20. The first kappa shape index (κ1) is 54.2. The zero-order valence-electron chi connectivity index (χ0n) is 35.4. The predicted octanol–water partition coefficient (Wildman–Crippen LogP) is 11.6. The van der Waals surface area contributed by atoms with E-state index in [0.29, 0.717) is 12.8 Å². The Balaban J connectivity index is 4.43. The quantitative estimate of drug-likeness (QED) is 0.0232. The summed E-state index contributed by atoms with van der Waals surface area (Å²) >= 11 is 0. The maximum atomic E-state index is 12.6. The molecule has 0 amide bonds. The lowest BCUT2D eigenvalue weighted by Crippen LogP contribution is -2.34. The highest BCUT2D eigenvalue weighted by Crippen LogP contribution is 2.43. The van der Waals surface area contributed by atoms with Crippen molar-refractivity contribution in [3.63, 3.8) is 0 Å². The van der Waals surface area contributed by atoms with Crippen LogP contribution in [0.15, 0.2) is 60.8 Å². The Kier molecular flexibility index (Phi) is 38.0. The molecule has 0 saturated heterocycles. The SMILES string of the molecule is CC/C=C/C/C=C/C/C=C/C/C=C/C/C=C/CCCCCC(=O)O[C@H](COC(=O)CCCCCCCCCCCCCCCC)COP(=O)(O)OC[C@H](N)C(=O)O. The Morgan fingerprint density at radius 3 is 1.47 bits per heavy atom. The van der Waals surface area contributed by atoms with Gasteiger partial charge in [0.05, 0.1) is 13.2 Å². The number of rotatable bonds is 40. The molecule has 0 aliphatic heterocycles. The van der Waals surface area contributed by atoms with Crippen molar-refractivity contribution in [1.82, 2.24) is 0 Å². The predicted molar refractivity (Wildman–Crippen MR) is 231 cm³/mol. The molecule has 0 radical (unpaired) electrons. The van der Waals surface area contributed by atoms with Crippen molar-refractivity contribution in [2.45, 2.75) is 187 Å². The Morgan fingerprint density at radius 1 is 0.561 bits per heavy atom. The third-order valence-electron chi connectivity index (χ3n) is 9.03. The number of unbranched alkanes of at least 4 members (excludes halogenated alkanes) is 16. The number of phosphoric acid groups is 1. The van der Waals surface area contributed by atoms with Gasteiger partial charge in [0.25, 0.3) is 0 Å². The van der Waals surface area contributed by atoms with Crippen LogP contribution in [0.4, 0.5) is 0 Å². The normalized spacial score (nSPS) is 14.3. The summed E-state index contributed by atoms with van der Waals surface area (Å²) in [6.45, 7) is 2.65. The Morgan fingerprint density at radius 2 is 0.982 bits per heavy atom. The van der Waals surface area contributed by atoms with Crippen LogP contribution in [0.3, 0.4) is 0 Å². The van der Waals surface area contributed by atoms with Crippen molar-refractivity contribution >= 4 is 25.7 Å². The van der Waals surface area contributed by atoms with Crippen LogP contribution in [0.1, 0.15) is 174 Å². The Labute approximate surface area is 345 Å². The highest BCUT2D eigenvalue weighted by molar-refractivity contribution is 7.47. The van der Waals surface area contributed by atoms with Crippen LogP contribution in [0, 0.1) is 0 Å². The fourth-order valence-corrected chi connectivity index (χ4v) is 6.40. The number of carboxylic acid groups (broad SMARTS) is 1. The van der Waals surface area contributed by atoms with E-state index in [1.54, 1.807) is 0 Å². The van der Waals surface area contributed by atoms with Crippen LogP contribution in [0.5, 0.6) is 0 Å². The zero-order chi connectivity index (χ0) is 42.1. The Bertz CT molecular complexity index is 1200. The molecular formula is C45H78NO10P. The molecule has 57 heavy (non-hydrogen) atoms. The summed E-state index contributed by atoms with van der Waals surface area (Å²) < 4.78 is 32.7. The summed E-state index contributed by atoms with van der Waals surface area (Å²) in [6.07, 6.45) is 45.7. The highest BCUT2D eigenvalue weighted by Gasteiger charge is 2.28. The molecule has 3 atom stereocenters. The second kappa shape index (κ2) is 40.0. The number of phosphoric ester groups is 1. The smallest absolute Gasteiger partial charge is 0.472 e. The van der Waals surface area contributed by atoms with Crippen LogP contribution < -0.4 is 5.73 Å². The van der Waals surface area contributed by atoms with E-state index in [1.807, 2.05) is 0 Å². The maximum Gasteiger partial charge on any atom is 0.472 e. The van der Waals surface area contributed by atoms with Gasteiger partial charge in [-0.25, -0.2) is 4.57 Å². The molecule has 0 saturated carbocycles. The standard InChI is InChI=1S/C45H78NO10P/c1-3-5-7-9-11-13-15-17-19-20-21-22-23-25-27-29-31-33-35-37-44(48)56-41(39-54-57(51,52)55-40-42(46)45(49)50)38-53-43(47)36-34-32-30-28-26-24-18-16-14-12-10-8-6-4-2/h5,7,11,13,17,19,21-22,25,27,41-42H,3-4,6,8-10,12,14-16,18,20,23-24,26,28-40,46H2,1-2H3,(H,49,50)(H,51,52)/b7-5+,13-11+,19-17+,22-21+,27-25+/t41-,42+/m1/s1. The number of aliphatic carboxylic acids is 1. The number of hydrogen-bond acceptors (Lipinski definition) is 9. The van der Waals surface area contributed by atoms with E-state index in [9.17, 15) is 23.8 Å². The minimum absolute atomic E-state index is 0.121. The van der Waals surface area contributed by atoms with Crippen molar-refractivity contribution < 1.29 is 47.5 Å². The van der Waals surface area contributed by atoms with Gasteiger partial charge in [-0.1, -0.05) is 164 Å². The molecule has 0 aromatic heterocycles. The van der Waals surface area contributed by atoms with E-state index < -0.39 is 51.1 Å². The van der Waals surface area contributed by atoms with Crippen molar-refractivity contribution in [2.24, 2.45) is 5.73 Å². The number of esters is 2. The van der Waals surface area contributed by atoms with E-state index in [1.165, 1.54) is 64.2 Å². The summed E-state index contributed by atoms with van der Waals surface area (Å²) in [7, 11) is -4.73. The average molecular weight is 824 g/mol. The zero-order valence-corrected chi connectivity index (χ0v) is 36.3. The summed E-state index contributed by atoms with van der Waals surface area (Å²) in [4.78, 5) is 45.9. The van der Waals surface area contributed by atoms with Crippen molar-refractivity contribution in [3.05, 3.63) is 60.8 Å². The number of carbonyl (C=O) groups excluding carboxylic acids is 2. The summed E-state index contributed by atoms with van der Waals surface area (Å²) in [6, 6.07) is -1.53. The lowest BCUT2D eigenvalue weighted by atomic mass is 10.0. The van der Waals surface area contributed by atoms with Gasteiger partial charge in [0.2, 0.25) is 0 Å². The number of hydrogen-bond donors (Lipinski definition) is 3. The average Bonchev–Trinajstić information content (AvgIpc) is 3.19. The molecule has 0 spiro atoms. The molecule has 4 N–H and O–H groups in total. The second-order valence-corrected chi connectivity index (χ2v) is 15.9. The minimum atomic E-state index is -4.73. The van der Waals surface area contributed by atoms with E-state index in [0.717, 1.165) is 70.6 Å². The van der Waals surface area contributed by atoms with Gasteiger partial charge in [-0.2, -0.15) is 0 Å². The van der Waals surface area contributed by atoms with Crippen LogP contribution in [0.2, 0.25) is 0 Å². The maximum absolute atomic E-state index is 12.6. The molecule has 12 heteroatoms. The van der Waals surface area contributed by atoms with Crippen molar-refractivity contribution in [3.8, 4) is 0 Å². The molecule has 328 valence electrons. The van der Waals surface area contributed by atoms with E-state index in [-0.39, 0.29) is 19.4 Å². The van der Waals surface area contributed by atoms with Gasteiger partial charge in [-0.3, -0.25) is 23.4 Å². The third-order valence-corrected chi connectivity index (χ3v) is 9.98. The molecule has 11 nitrogen and oxygen atoms in total. The second-order valence-electron chi connectivity index (χ2n) is 14.5. The van der Waals surface area contributed by atoms with Gasteiger partial charge in [0.1, 0.15) is 12.6 Å². The molecule has 0 aliphatic carbocycles. The fraction of sp³-hybridized carbons (Fsp3) is 0.711. The van der Waals surface area contributed by atoms with Gasteiger partial charge in [0.15, 0.2) is 6.10 Å². The molecule has 0 aliphatic rings. The molecule has 0 fully saturated rings. The van der Waals surface area contributed by atoms with Gasteiger partial charge in [0, 0.05) is 12.8 Å². The van der Waals surface area contributed by atoms with Crippen LogP contribution in [-0.4, -0.2) is 59.9 Å². The number of allylic oxidation sites excluding steroid dienone is 10. The molecule has 0 aromatic rings. The number of ether oxygens (including phenoxy) is 2. The molecule has 0 bridgehead atoms. The number of carboxylic acids is 1. The monoisotopic (exact) mass is 824 g/mol. The first-order valence-electron chi connectivity index (χ1n) is 21.8. The lowest BCUT2D eigenvalue weighted by molar-refractivity contribution is -0.161. The summed E-state index contributed by atoms with van der Waals surface area (Å²) in [5.41, 5.74) is 5.33. The summed E-state index contributed by atoms with van der Waals surface area (Å²) in [5.74, 6) is -2.42. The topological polar surface area (TPSA) is 172 Å².